The van der Waals surface area contributed by atoms with Gasteiger partial charge in [0.15, 0.2) is 0 Å². The van der Waals surface area contributed by atoms with Gasteiger partial charge in [-0.3, -0.25) is 0 Å². The maximum atomic E-state index is 12.4. The van der Waals surface area contributed by atoms with Crippen LogP contribution in [0.1, 0.15) is 101 Å². The summed E-state index contributed by atoms with van der Waals surface area (Å²) in [5.74, 6) is 0. The fourth-order valence-corrected chi connectivity index (χ4v) is 22.3. The van der Waals surface area contributed by atoms with Crippen LogP contribution in [0.15, 0.2) is 41.3 Å². The molecule has 0 atom stereocenters. The van der Waals surface area contributed by atoms with E-state index in [4.69, 9.17) is 14.5 Å². The Morgan fingerprint density at radius 1 is 0.635 bits per heavy atom. The van der Waals surface area contributed by atoms with Crippen molar-refractivity contribution in [1.29, 1.82) is 0 Å². The summed E-state index contributed by atoms with van der Waals surface area (Å²) in [6.45, 7) is 24.4. The van der Waals surface area contributed by atoms with Gasteiger partial charge in [-0.2, -0.15) is 0 Å². The number of rotatable bonds is 12. The van der Waals surface area contributed by atoms with Crippen LogP contribution in [-0.2, 0) is 9.47 Å². The molecule has 0 spiro atoms. The van der Waals surface area contributed by atoms with Gasteiger partial charge in [0.05, 0.1) is 11.9 Å². The normalized spacial score (nSPS) is 15.6. The quantitative estimate of drug-likeness (QED) is 0.154. The number of hydrogen-bond acceptors (Lipinski definition) is 8. The minimum absolute atomic E-state index is 0.202. The molecule has 2 aliphatic rings. The number of hydrogen-bond donors (Lipinski definition) is 0. The summed E-state index contributed by atoms with van der Waals surface area (Å²) in [6, 6.07) is 8.64. The Balaban J connectivity index is 0.000000311. The third-order valence-corrected chi connectivity index (χ3v) is 25.3. The zero-order chi connectivity index (χ0) is 38.4. The van der Waals surface area contributed by atoms with E-state index in [1.165, 1.54) is 61.2 Å². The second-order valence-corrected chi connectivity index (χ2v) is 30.1. The summed E-state index contributed by atoms with van der Waals surface area (Å²) in [7, 11) is 0. The van der Waals surface area contributed by atoms with Crippen LogP contribution >= 0.6 is 15.9 Å². The number of ether oxygens (including phenoxy) is 2. The van der Waals surface area contributed by atoms with Crippen molar-refractivity contribution in [3.8, 4) is 0 Å². The average molecular weight is 895 g/mol. The van der Waals surface area contributed by atoms with E-state index < -0.39 is 29.6 Å². The first-order valence-corrected chi connectivity index (χ1v) is 27.9. The molecule has 0 aromatic carbocycles. The van der Waals surface area contributed by atoms with Gasteiger partial charge in [0.1, 0.15) is 10.2 Å². The van der Waals surface area contributed by atoms with Crippen molar-refractivity contribution in [2.75, 3.05) is 62.2 Å². The van der Waals surface area contributed by atoms with Crippen molar-refractivity contribution < 1.29 is 19.1 Å². The molecule has 2 aliphatic heterocycles. The van der Waals surface area contributed by atoms with Crippen molar-refractivity contribution in [3.63, 3.8) is 0 Å². The van der Waals surface area contributed by atoms with Gasteiger partial charge in [-0.05, 0) is 48.8 Å². The Kier molecular flexibility index (Phi) is 17.8. The molecule has 4 rings (SSSR count). The second-order valence-electron chi connectivity index (χ2n) is 16.2. The molecule has 2 fully saturated rings. The van der Waals surface area contributed by atoms with Crippen molar-refractivity contribution in [2.45, 2.75) is 125 Å². The van der Waals surface area contributed by atoms with Crippen LogP contribution in [0, 0.1) is 0 Å². The number of halogens is 1. The predicted molar refractivity (Wildman–Crippen MR) is 221 cm³/mol. The third-order valence-electron chi connectivity index (χ3n) is 9.62. The number of unbranched alkanes of at least 4 members (excludes halogenated alkanes) is 3. The van der Waals surface area contributed by atoms with Crippen LogP contribution in [0.3, 0.4) is 0 Å². The van der Waals surface area contributed by atoms with Gasteiger partial charge in [0, 0.05) is 26.2 Å². The molecule has 0 saturated carbocycles. The van der Waals surface area contributed by atoms with E-state index in [-0.39, 0.29) is 12.2 Å². The third kappa shape index (κ3) is 14.5. The Morgan fingerprint density at radius 2 is 1.02 bits per heavy atom. The molecule has 0 radical (unpaired) electrons. The number of carbonyl (C=O) groups excluding carboxylic acids is 2. The van der Waals surface area contributed by atoms with E-state index in [0.29, 0.717) is 26.2 Å². The fourth-order valence-electron chi connectivity index (χ4n) is 6.69. The molecule has 10 nitrogen and oxygen atoms in total. The molecule has 2 aromatic rings. The van der Waals surface area contributed by atoms with E-state index >= 15 is 0 Å². The summed E-state index contributed by atoms with van der Waals surface area (Å²) in [4.78, 5) is 41.8. The van der Waals surface area contributed by atoms with Crippen LogP contribution in [0.4, 0.5) is 21.0 Å². The molecule has 292 valence electrons. The molecule has 52 heavy (non-hydrogen) atoms. The number of amides is 2. The van der Waals surface area contributed by atoms with Crippen LogP contribution in [-0.4, -0.2) is 114 Å². The van der Waals surface area contributed by atoms with Gasteiger partial charge in [0.25, 0.3) is 0 Å². The molecule has 0 N–H and O–H groups in total. The van der Waals surface area contributed by atoms with Gasteiger partial charge in [-0.25, -0.2) is 9.78 Å². The Hall–Kier alpha value is -2.28. The van der Waals surface area contributed by atoms with Crippen molar-refractivity contribution >= 4 is 61.6 Å². The summed E-state index contributed by atoms with van der Waals surface area (Å²) < 4.78 is 17.6. The van der Waals surface area contributed by atoms with Crippen molar-refractivity contribution in [1.82, 2.24) is 19.8 Å². The van der Waals surface area contributed by atoms with E-state index in [1.54, 1.807) is 4.90 Å². The van der Waals surface area contributed by atoms with E-state index in [0.717, 1.165) is 36.5 Å². The predicted octanol–water partition coefficient (Wildman–Crippen LogP) is 9.10. The number of aromatic nitrogens is 2. The summed E-state index contributed by atoms with van der Waals surface area (Å²) in [5.41, 5.74) is 1.39. The van der Waals surface area contributed by atoms with Crippen molar-refractivity contribution in [3.05, 3.63) is 41.3 Å². The van der Waals surface area contributed by atoms with Crippen LogP contribution in [0.5, 0.6) is 0 Å². The van der Waals surface area contributed by atoms with Gasteiger partial charge in [-0.1, -0.05) is 0 Å². The molecular weight excluding hydrogens is 827 g/mol. The van der Waals surface area contributed by atoms with E-state index in [1.807, 2.05) is 64.8 Å². The first-order chi connectivity index (χ1) is 24.6. The summed E-state index contributed by atoms with van der Waals surface area (Å²) in [6.07, 6.45) is 11.5. The van der Waals surface area contributed by atoms with Crippen LogP contribution < -0.4 is 13.5 Å². The second kappa shape index (κ2) is 21.0. The molecule has 2 amide bonds. The van der Waals surface area contributed by atoms with E-state index in [9.17, 15) is 9.59 Å². The zero-order valence-electron chi connectivity index (χ0n) is 33.7. The van der Waals surface area contributed by atoms with E-state index in [2.05, 4.69) is 69.8 Å². The standard InChI is InChI=1S/C14H20BrN3O2.C14H20N3O2.3C4H9.Sn/c1-14(2,3)20-13(19)18-8-6-17(7-9-18)11-4-5-12(15)16-10-11;1-14(2,3)19-13(18)17-9-7-16(8-10-17)12-5-4-6-15-11-12;3*1-3-4-2;/h4-5,10H,6-9H2,1-3H3;4-5,11H,7-10H2,1-3H3;3*1,3-4H2,2H3;. The van der Waals surface area contributed by atoms with Gasteiger partial charge >= 0.3 is 208 Å². The SMILES string of the molecule is CC(C)(C)OC(=O)N1CCN(c2ccc(Br)nc2)CC1.CCC[CH2][Sn]([CH2]CCC)([CH2]CCC)[c]1ccc(N2CCN(C(=O)OC(C)(C)C)CC2)cn1. The number of piperazine rings is 2. The Bertz CT molecular complexity index is 1330. The molecule has 12 heteroatoms. The summed E-state index contributed by atoms with van der Waals surface area (Å²) in [5, 5.41) is 0. The molecule has 0 unspecified atom stereocenters. The number of nitrogens with zero attached hydrogens (tertiary/aromatic N) is 6. The maximum absolute atomic E-state index is 12.4. The van der Waals surface area contributed by atoms with Crippen LogP contribution in [0.25, 0.3) is 0 Å². The fraction of sp³-hybridized carbons (Fsp3) is 0.700. The van der Waals surface area contributed by atoms with Gasteiger partial charge < -0.3 is 14.5 Å². The van der Waals surface area contributed by atoms with Crippen molar-refractivity contribution in [2.24, 2.45) is 0 Å². The van der Waals surface area contributed by atoms with Gasteiger partial charge in [-0.15, -0.1) is 0 Å². The average Bonchev–Trinajstić information content (AvgIpc) is 3.11. The molecule has 0 bridgehead atoms. The number of pyridine rings is 2. The monoisotopic (exact) mass is 894 g/mol. The number of anilines is 2. The molecule has 2 aromatic heterocycles. The minimum atomic E-state index is -2.46. The topological polar surface area (TPSA) is 91.3 Å². The first-order valence-electron chi connectivity index (χ1n) is 19.6. The molecule has 0 aliphatic carbocycles. The molecule has 2 saturated heterocycles. The molecular formula is C40H67BrN6O4Sn. The van der Waals surface area contributed by atoms with Crippen LogP contribution in [0.2, 0.25) is 13.3 Å². The zero-order valence-corrected chi connectivity index (χ0v) is 38.1. The van der Waals surface area contributed by atoms with Gasteiger partial charge in [0.2, 0.25) is 0 Å². The Morgan fingerprint density at radius 3 is 1.33 bits per heavy atom. The first kappa shape index (κ1) is 44.1. The Labute approximate surface area is 327 Å². The summed E-state index contributed by atoms with van der Waals surface area (Å²) >= 11 is 0.864. The number of carbonyl (C=O) groups is 2. The molecule has 4 heterocycles.